The predicted molar refractivity (Wildman–Crippen MR) is 99.9 cm³/mol. The molecule has 1 saturated carbocycles. The number of rotatable bonds is 4. The first-order valence-electron chi connectivity index (χ1n) is 9.72. The molecule has 0 bridgehead atoms. The van der Waals surface area contributed by atoms with Crippen LogP contribution in [0.1, 0.15) is 72.1 Å². The predicted octanol–water partition coefficient (Wildman–Crippen LogP) is 2.90. The molecule has 0 aromatic carbocycles. The standard InChI is InChI=1S/C19H36N4O/c1-4-21-17(22-14-18(2,3)16(20)24)23-13-9-12-19(15-23)10-7-5-6-8-11-19/h4-15H2,1-3H3,(H2,20,24)(H,21,22). The molecule has 1 aliphatic carbocycles. The summed E-state index contributed by atoms with van der Waals surface area (Å²) < 4.78 is 0. The van der Waals surface area contributed by atoms with Crippen molar-refractivity contribution in [1.82, 2.24) is 10.2 Å². The van der Waals surface area contributed by atoms with Crippen LogP contribution in [0.15, 0.2) is 4.99 Å². The van der Waals surface area contributed by atoms with Crippen LogP contribution in [0.25, 0.3) is 0 Å². The number of carbonyl (C=O) groups is 1. The van der Waals surface area contributed by atoms with Gasteiger partial charge in [-0.15, -0.1) is 0 Å². The quantitative estimate of drug-likeness (QED) is 0.612. The highest BCUT2D eigenvalue weighted by atomic mass is 16.1. The summed E-state index contributed by atoms with van der Waals surface area (Å²) in [7, 11) is 0. The zero-order chi connectivity index (χ0) is 17.6. The van der Waals surface area contributed by atoms with Crippen LogP contribution in [-0.4, -0.2) is 42.9 Å². The Kier molecular flexibility index (Phi) is 6.53. The van der Waals surface area contributed by atoms with Crippen molar-refractivity contribution < 1.29 is 4.79 Å². The van der Waals surface area contributed by atoms with Gasteiger partial charge in [0.2, 0.25) is 5.91 Å². The monoisotopic (exact) mass is 336 g/mol. The van der Waals surface area contributed by atoms with Gasteiger partial charge < -0.3 is 16.0 Å². The number of hydrogen-bond donors (Lipinski definition) is 2. The summed E-state index contributed by atoms with van der Waals surface area (Å²) in [6.07, 6.45) is 10.8. The third-order valence-electron chi connectivity index (χ3n) is 5.75. The molecule has 0 atom stereocenters. The van der Waals surface area contributed by atoms with Crippen LogP contribution in [0.4, 0.5) is 0 Å². The van der Waals surface area contributed by atoms with Crippen molar-refractivity contribution in [2.45, 2.75) is 72.1 Å². The molecule has 0 radical (unpaired) electrons. The topological polar surface area (TPSA) is 70.7 Å². The van der Waals surface area contributed by atoms with Gasteiger partial charge in [0, 0.05) is 19.6 Å². The third kappa shape index (κ3) is 4.87. The number of likely N-dealkylation sites (tertiary alicyclic amines) is 1. The van der Waals surface area contributed by atoms with Gasteiger partial charge in [-0.25, -0.2) is 0 Å². The van der Waals surface area contributed by atoms with Crippen LogP contribution in [0.3, 0.4) is 0 Å². The van der Waals surface area contributed by atoms with Gasteiger partial charge in [0.05, 0.1) is 12.0 Å². The summed E-state index contributed by atoms with van der Waals surface area (Å²) in [4.78, 5) is 18.8. The van der Waals surface area contributed by atoms with E-state index in [1.807, 2.05) is 13.8 Å². The Morgan fingerprint density at radius 3 is 2.38 bits per heavy atom. The highest BCUT2D eigenvalue weighted by molar-refractivity contribution is 5.82. The van der Waals surface area contributed by atoms with Gasteiger partial charge in [-0.2, -0.15) is 0 Å². The van der Waals surface area contributed by atoms with E-state index in [1.54, 1.807) is 0 Å². The van der Waals surface area contributed by atoms with Gasteiger partial charge in [-0.05, 0) is 51.9 Å². The van der Waals surface area contributed by atoms with E-state index in [4.69, 9.17) is 10.7 Å². The zero-order valence-electron chi connectivity index (χ0n) is 15.9. The second kappa shape index (κ2) is 8.21. The fourth-order valence-electron chi connectivity index (χ4n) is 4.05. The SMILES string of the molecule is CCNC(=NCC(C)(C)C(N)=O)N1CCCC2(CCCCCC2)C1. The number of nitrogens with zero attached hydrogens (tertiary/aromatic N) is 2. The number of primary amides is 1. The first-order chi connectivity index (χ1) is 11.4. The Labute approximate surface area is 147 Å². The van der Waals surface area contributed by atoms with E-state index in [1.165, 1.54) is 51.4 Å². The largest absolute Gasteiger partial charge is 0.369 e. The van der Waals surface area contributed by atoms with Crippen molar-refractivity contribution in [2.24, 2.45) is 21.6 Å². The van der Waals surface area contributed by atoms with Crippen LogP contribution in [-0.2, 0) is 4.79 Å². The smallest absolute Gasteiger partial charge is 0.224 e. The number of hydrogen-bond acceptors (Lipinski definition) is 2. The lowest BCUT2D eigenvalue weighted by Gasteiger charge is -2.44. The fraction of sp³-hybridized carbons (Fsp3) is 0.895. The molecule has 5 nitrogen and oxygen atoms in total. The number of nitrogens with two attached hydrogens (primary N) is 1. The van der Waals surface area contributed by atoms with Crippen LogP contribution >= 0.6 is 0 Å². The molecule has 2 fully saturated rings. The molecule has 0 aromatic heterocycles. The van der Waals surface area contributed by atoms with Crippen molar-refractivity contribution >= 4 is 11.9 Å². The maximum atomic E-state index is 11.6. The van der Waals surface area contributed by atoms with E-state index >= 15 is 0 Å². The maximum Gasteiger partial charge on any atom is 0.224 e. The lowest BCUT2D eigenvalue weighted by atomic mass is 9.74. The van der Waals surface area contributed by atoms with E-state index < -0.39 is 5.41 Å². The summed E-state index contributed by atoms with van der Waals surface area (Å²) in [6, 6.07) is 0. The number of amides is 1. The Hall–Kier alpha value is -1.26. The van der Waals surface area contributed by atoms with Gasteiger partial charge in [-0.3, -0.25) is 9.79 Å². The molecule has 1 amide bonds. The van der Waals surface area contributed by atoms with Crippen LogP contribution in [0, 0.1) is 10.8 Å². The molecular formula is C19H36N4O. The highest BCUT2D eigenvalue weighted by Gasteiger charge is 2.36. The van der Waals surface area contributed by atoms with Crippen molar-refractivity contribution in [2.75, 3.05) is 26.2 Å². The minimum atomic E-state index is -0.601. The van der Waals surface area contributed by atoms with E-state index in [2.05, 4.69) is 17.1 Å². The van der Waals surface area contributed by atoms with E-state index in [0.29, 0.717) is 12.0 Å². The van der Waals surface area contributed by atoms with Gasteiger partial charge >= 0.3 is 0 Å². The van der Waals surface area contributed by atoms with Gasteiger partial charge in [0.15, 0.2) is 5.96 Å². The van der Waals surface area contributed by atoms with E-state index in [0.717, 1.165) is 25.6 Å². The van der Waals surface area contributed by atoms with Gasteiger partial charge in [0.25, 0.3) is 0 Å². The molecule has 0 aromatic rings. The molecule has 2 rings (SSSR count). The van der Waals surface area contributed by atoms with Crippen LogP contribution < -0.4 is 11.1 Å². The molecule has 3 N–H and O–H groups in total. The lowest BCUT2D eigenvalue weighted by molar-refractivity contribution is -0.125. The molecule has 1 heterocycles. The minimum Gasteiger partial charge on any atom is -0.369 e. The number of nitrogens with one attached hydrogen (secondary N) is 1. The van der Waals surface area contributed by atoms with Crippen molar-refractivity contribution in [3.63, 3.8) is 0 Å². The second-order valence-electron chi connectivity index (χ2n) is 8.36. The maximum absolute atomic E-state index is 11.6. The average Bonchev–Trinajstić information content (AvgIpc) is 2.77. The molecule has 2 aliphatic rings. The molecule has 1 spiro atoms. The summed E-state index contributed by atoms with van der Waals surface area (Å²) >= 11 is 0. The Balaban J connectivity index is 2.10. The van der Waals surface area contributed by atoms with Gasteiger partial charge in [-0.1, -0.05) is 25.7 Å². The van der Waals surface area contributed by atoms with Crippen molar-refractivity contribution in [3.05, 3.63) is 0 Å². The average molecular weight is 337 g/mol. The summed E-state index contributed by atoms with van der Waals surface area (Å²) in [5.74, 6) is 0.663. The molecule has 24 heavy (non-hydrogen) atoms. The first-order valence-corrected chi connectivity index (χ1v) is 9.72. The zero-order valence-corrected chi connectivity index (χ0v) is 15.9. The number of carbonyl (C=O) groups excluding carboxylic acids is 1. The Bertz CT molecular complexity index is 450. The number of guanidine groups is 1. The molecular weight excluding hydrogens is 300 g/mol. The lowest BCUT2D eigenvalue weighted by Crippen LogP contribution is -2.51. The molecule has 1 aliphatic heterocycles. The van der Waals surface area contributed by atoms with E-state index in [9.17, 15) is 4.79 Å². The third-order valence-corrected chi connectivity index (χ3v) is 5.75. The normalized spacial score (nSPS) is 22.3. The minimum absolute atomic E-state index is 0.291. The molecule has 5 heteroatoms. The Morgan fingerprint density at radius 1 is 1.17 bits per heavy atom. The Morgan fingerprint density at radius 2 is 1.79 bits per heavy atom. The molecule has 138 valence electrons. The van der Waals surface area contributed by atoms with Crippen molar-refractivity contribution in [1.29, 1.82) is 0 Å². The first kappa shape index (κ1) is 19.1. The summed E-state index contributed by atoms with van der Waals surface area (Å²) in [5, 5.41) is 3.43. The summed E-state index contributed by atoms with van der Waals surface area (Å²) in [5.41, 5.74) is 5.37. The molecule has 0 unspecified atom stereocenters. The second-order valence-corrected chi connectivity index (χ2v) is 8.36. The van der Waals surface area contributed by atoms with Gasteiger partial charge in [0.1, 0.15) is 0 Å². The number of aliphatic imine (C=N–C) groups is 1. The fourth-order valence-corrected chi connectivity index (χ4v) is 4.05. The summed E-state index contributed by atoms with van der Waals surface area (Å²) in [6.45, 7) is 9.28. The molecule has 1 saturated heterocycles. The van der Waals surface area contributed by atoms with Crippen LogP contribution in [0.2, 0.25) is 0 Å². The van der Waals surface area contributed by atoms with Crippen molar-refractivity contribution in [3.8, 4) is 0 Å². The highest BCUT2D eigenvalue weighted by Crippen LogP contribution is 2.42. The van der Waals surface area contributed by atoms with E-state index in [-0.39, 0.29) is 5.91 Å². The van der Waals surface area contributed by atoms with Crippen LogP contribution in [0.5, 0.6) is 0 Å². The number of piperidine rings is 1.